The van der Waals surface area contributed by atoms with E-state index in [4.69, 9.17) is 21.1 Å². The number of carbonyl (C=O) groups is 1. The monoisotopic (exact) mass is 257 g/mol. The van der Waals surface area contributed by atoms with Gasteiger partial charge >= 0.3 is 0 Å². The van der Waals surface area contributed by atoms with Crippen LogP contribution in [0, 0.1) is 6.92 Å². The molecule has 0 unspecified atom stereocenters. The van der Waals surface area contributed by atoms with Gasteiger partial charge in [0, 0.05) is 18.7 Å². The molecule has 0 bridgehead atoms. The van der Waals surface area contributed by atoms with Gasteiger partial charge in [-0.15, -0.1) is 0 Å². The van der Waals surface area contributed by atoms with E-state index in [1.54, 1.807) is 19.2 Å². The van der Waals surface area contributed by atoms with E-state index in [0.29, 0.717) is 29.5 Å². The highest BCUT2D eigenvalue weighted by Gasteiger charge is 2.13. The zero-order valence-corrected chi connectivity index (χ0v) is 10.9. The molecule has 0 spiro atoms. The molecule has 94 valence electrons. The van der Waals surface area contributed by atoms with Gasteiger partial charge in [-0.2, -0.15) is 0 Å². The summed E-state index contributed by atoms with van der Waals surface area (Å²) in [6.07, 6.45) is 0. The van der Waals surface area contributed by atoms with E-state index in [9.17, 15) is 4.79 Å². The third-order valence-corrected chi connectivity index (χ3v) is 2.72. The first-order chi connectivity index (χ1) is 8.10. The lowest BCUT2D eigenvalue weighted by molar-refractivity contribution is 0.0934. The molecule has 0 saturated heterocycles. The molecule has 0 aliphatic carbocycles. The Morgan fingerprint density at radius 1 is 1.41 bits per heavy atom. The number of rotatable bonds is 5. The number of aryl methyl sites for hydroxylation is 1. The summed E-state index contributed by atoms with van der Waals surface area (Å²) in [5.74, 6) is 0.294. The number of halogens is 1. The average Bonchev–Trinajstić information content (AvgIpc) is 2.32. The van der Waals surface area contributed by atoms with Crippen molar-refractivity contribution in [2.45, 2.75) is 6.92 Å². The van der Waals surface area contributed by atoms with Crippen LogP contribution in [0.2, 0.25) is 5.02 Å². The first kappa shape index (κ1) is 13.8. The number of nitrogens with one attached hydrogen (secondary N) is 1. The largest absolute Gasteiger partial charge is 0.496 e. The van der Waals surface area contributed by atoms with Crippen molar-refractivity contribution in [3.05, 3.63) is 28.3 Å². The lowest BCUT2D eigenvalue weighted by Crippen LogP contribution is -2.27. The fraction of sp³-hybridized carbons (Fsp3) is 0.417. The van der Waals surface area contributed by atoms with Gasteiger partial charge in [0.1, 0.15) is 5.75 Å². The van der Waals surface area contributed by atoms with Gasteiger partial charge in [-0.05, 0) is 24.6 Å². The zero-order chi connectivity index (χ0) is 12.8. The van der Waals surface area contributed by atoms with Crippen LogP contribution in [0.1, 0.15) is 15.9 Å². The van der Waals surface area contributed by atoms with Crippen LogP contribution >= 0.6 is 11.6 Å². The lowest BCUT2D eigenvalue weighted by Gasteiger charge is -2.11. The van der Waals surface area contributed by atoms with Crippen LogP contribution in [0.4, 0.5) is 0 Å². The van der Waals surface area contributed by atoms with Gasteiger partial charge in [-0.3, -0.25) is 4.79 Å². The molecule has 0 atom stereocenters. The first-order valence-electron chi connectivity index (χ1n) is 5.21. The molecule has 0 aliphatic rings. The Morgan fingerprint density at radius 3 is 2.71 bits per heavy atom. The maximum absolute atomic E-state index is 11.9. The maximum Gasteiger partial charge on any atom is 0.255 e. The van der Waals surface area contributed by atoms with Crippen molar-refractivity contribution in [1.82, 2.24) is 5.32 Å². The second kappa shape index (κ2) is 6.47. The smallest absolute Gasteiger partial charge is 0.255 e. The summed E-state index contributed by atoms with van der Waals surface area (Å²) >= 11 is 5.99. The number of carbonyl (C=O) groups excluding carboxylic acids is 1. The Bertz CT molecular complexity index is 407. The Morgan fingerprint density at radius 2 is 2.12 bits per heavy atom. The summed E-state index contributed by atoms with van der Waals surface area (Å²) < 4.78 is 10.0. The minimum atomic E-state index is -0.221. The Kier molecular flexibility index (Phi) is 5.25. The minimum Gasteiger partial charge on any atom is -0.496 e. The fourth-order valence-electron chi connectivity index (χ4n) is 1.36. The van der Waals surface area contributed by atoms with Gasteiger partial charge in [0.2, 0.25) is 0 Å². The minimum absolute atomic E-state index is 0.221. The van der Waals surface area contributed by atoms with Crippen molar-refractivity contribution in [3.63, 3.8) is 0 Å². The van der Waals surface area contributed by atoms with Gasteiger partial charge in [0.05, 0.1) is 19.3 Å². The van der Waals surface area contributed by atoms with Crippen molar-refractivity contribution < 1.29 is 14.3 Å². The molecule has 0 heterocycles. The number of amides is 1. The van der Waals surface area contributed by atoms with E-state index in [-0.39, 0.29) is 5.91 Å². The molecule has 0 aromatic heterocycles. The molecule has 1 aromatic rings. The van der Waals surface area contributed by atoms with Gasteiger partial charge < -0.3 is 14.8 Å². The molecule has 17 heavy (non-hydrogen) atoms. The lowest BCUT2D eigenvalue weighted by atomic mass is 10.1. The van der Waals surface area contributed by atoms with Gasteiger partial charge in [0.25, 0.3) is 5.91 Å². The number of benzene rings is 1. The number of hydrogen-bond donors (Lipinski definition) is 1. The molecule has 1 amide bonds. The normalized spacial score (nSPS) is 10.1. The summed E-state index contributed by atoms with van der Waals surface area (Å²) in [5.41, 5.74) is 1.30. The quantitative estimate of drug-likeness (QED) is 0.821. The van der Waals surface area contributed by atoms with Crippen LogP contribution in [0.25, 0.3) is 0 Å². The number of ether oxygens (including phenoxy) is 2. The maximum atomic E-state index is 11.9. The summed E-state index contributed by atoms with van der Waals surface area (Å²) in [7, 11) is 3.10. The standard InChI is InChI=1S/C12H16ClNO3/c1-8-6-11(17-3)9(7-10(8)13)12(15)14-4-5-16-2/h6-7H,4-5H2,1-3H3,(H,14,15). The van der Waals surface area contributed by atoms with Crippen LogP contribution in [0.5, 0.6) is 5.75 Å². The molecular formula is C12H16ClNO3. The molecule has 0 radical (unpaired) electrons. The Hall–Kier alpha value is -1.26. The van der Waals surface area contributed by atoms with Crippen molar-refractivity contribution in [3.8, 4) is 5.75 Å². The summed E-state index contributed by atoms with van der Waals surface area (Å²) in [4.78, 5) is 11.9. The van der Waals surface area contributed by atoms with Crippen LogP contribution < -0.4 is 10.1 Å². The van der Waals surface area contributed by atoms with Crippen LogP contribution in [0.3, 0.4) is 0 Å². The zero-order valence-electron chi connectivity index (χ0n) is 10.2. The van der Waals surface area contributed by atoms with E-state index < -0.39 is 0 Å². The predicted molar refractivity (Wildman–Crippen MR) is 67.0 cm³/mol. The summed E-state index contributed by atoms with van der Waals surface area (Å²) in [6, 6.07) is 3.35. The molecule has 0 fully saturated rings. The highest BCUT2D eigenvalue weighted by molar-refractivity contribution is 6.31. The van der Waals surface area contributed by atoms with Crippen LogP contribution in [-0.2, 0) is 4.74 Å². The third kappa shape index (κ3) is 3.61. The van der Waals surface area contributed by atoms with Crippen molar-refractivity contribution >= 4 is 17.5 Å². The van der Waals surface area contributed by atoms with E-state index in [2.05, 4.69) is 5.32 Å². The van der Waals surface area contributed by atoms with E-state index in [0.717, 1.165) is 5.56 Å². The molecule has 1 N–H and O–H groups in total. The Labute approximate surface area is 106 Å². The highest BCUT2D eigenvalue weighted by atomic mass is 35.5. The first-order valence-corrected chi connectivity index (χ1v) is 5.59. The van der Waals surface area contributed by atoms with Gasteiger partial charge in [-0.25, -0.2) is 0 Å². The molecule has 5 heteroatoms. The molecule has 4 nitrogen and oxygen atoms in total. The van der Waals surface area contributed by atoms with Crippen molar-refractivity contribution in [1.29, 1.82) is 0 Å². The van der Waals surface area contributed by atoms with Crippen LogP contribution in [0.15, 0.2) is 12.1 Å². The predicted octanol–water partition coefficient (Wildman–Crippen LogP) is 2.03. The molecule has 1 rings (SSSR count). The molecular weight excluding hydrogens is 242 g/mol. The van der Waals surface area contributed by atoms with Crippen LogP contribution in [-0.4, -0.2) is 33.3 Å². The van der Waals surface area contributed by atoms with Crippen molar-refractivity contribution in [2.75, 3.05) is 27.4 Å². The average molecular weight is 258 g/mol. The SMILES string of the molecule is COCCNC(=O)c1cc(Cl)c(C)cc1OC. The number of hydrogen-bond acceptors (Lipinski definition) is 3. The Balaban J connectivity index is 2.88. The molecule has 0 aliphatic heterocycles. The summed E-state index contributed by atoms with van der Waals surface area (Å²) in [5, 5.41) is 3.26. The topological polar surface area (TPSA) is 47.6 Å². The van der Waals surface area contributed by atoms with Gasteiger partial charge in [0.15, 0.2) is 0 Å². The second-order valence-electron chi connectivity index (χ2n) is 3.55. The molecule has 0 saturated carbocycles. The third-order valence-electron chi connectivity index (χ3n) is 2.32. The van der Waals surface area contributed by atoms with Crippen molar-refractivity contribution in [2.24, 2.45) is 0 Å². The summed E-state index contributed by atoms with van der Waals surface area (Å²) in [6.45, 7) is 2.77. The van der Waals surface area contributed by atoms with E-state index in [1.165, 1.54) is 7.11 Å². The molecule has 1 aromatic carbocycles. The highest BCUT2D eigenvalue weighted by Crippen LogP contribution is 2.26. The fourth-order valence-corrected chi connectivity index (χ4v) is 1.53. The van der Waals surface area contributed by atoms with Gasteiger partial charge in [-0.1, -0.05) is 11.6 Å². The second-order valence-corrected chi connectivity index (χ2v) is 3.96. The van der Waals surface area contributed by atoms with E-state index in [1.807, 2.05) is 6.92 Å². The van der Waals surface area contributed by atoms with E-state index >= 15 is 0 Å². The number of methoxy groups -OCH3 is 2.